The van der Waals surface area contributed by atoms with Gasteiger partial charge in [0.05, 0.1) is 17.7 Å². The number of carbonyl (C=O) groups excluding carboxylic acids is 1. The molecule has 2 rings (SSSR count). The van der Waals surface area contributed by atoms with Crippen LogP contribution in [0.3, 0.4) is 0 Å². The van der Waals surface area contributed by atoms with E-state index >= 15 is 0 Å². The van der Waals surface area contributed by atoms with Gasteiger partial charge in [0, 0.05) is 12.1 Å². The first-order valence-corrected chi connectivity index (χ1v) is 6.88. The average Bonchev–Trinajstić information content (AvgIpc) is 2.54. The Morgan fingerprint density at radius 1 is 1.23 bits per heavy atom. The molecule has 2 amide bonds. The third-order valence-corrected chi connectivity index (χ3v) is 3.28. The van der Waals surface area contributed by atoms with Crippen LogP contribution in [-0.4, -0.2) is 6.03 Å². The van der Waals surface area contributed by atoms with E-state index in [1.807, 2.05) is 13.0 Å². The summed E-state index contributed by atoms with van der Waals surface area (Å²) >= 11 is 0. The van der Waals surface area contributed by atoms with E-state index in [-0.39, 0.29) is 24.4 Å². The molecule has 112 valence electrons. The number of rotatable bonds is 4. The van der Waals surface area contributed by atoms with E-state index < -0.39 is 0 Å². The van der Waals surface area contributed by atoms with Crippen LogP contribution in [0.25, 0.3) is 0 Å². The van der Waals surface area contributed by atoms with Gasteiger partial charge in [-0.3, -0.25) is 0 Å². The number of nitrogens with zero attached hydrogens (tertiary/aromatic N) is 1. The zero-order valence-corrected chi connectivity index (χ0v) is 12.1. The zero-order chi connectivity index (χ0) is 15.9. The van der Waals surface area contributed by atoms with Crippen LogP contribution in [0, 0.1) is 17.1 Å². The minimum atomic E-state index is -0.375. The molecule has 0 aliphatic rings. The maximum absolute atomic E-state index is 13.4. The lowest BCUT2D eigenvalue weighted by Crippen LogP contribution is -2.36. The molecule has 0 aromatic heterocycles. The van der Waals surface area contributed by atoms with Gasteiger partial charge in [-0.2, -0.15) is 5.26 Å². The maximum atomic E-state index is 13.4. The van der Waals surface area contributed by atoms with Gasteiger partial charge in [-0.25, -0.2) is 9.18 Å². The van der Waals surface area contributed by atoms with Crippen molar-refractivity contribution in [2.75, 3.05) is 0 Å². The second kappa shape index (κ2) is 7.23. The number of benzene rings is 2. The van der Waals surface area contributed by atoms with Crippen LogP contribution in [0.4, 0.5) is 9.18 Å². The highest BCUT2D eigenvalue weighted by Crippen LogP contribution is 2.13. The van der Waals surface area contributed by atoms with Crippen molar-refractivity contribution < 1.29 is 9.18 Å². The van der Waals surface area contributed by atoms with E-state index in [4.69, 9.17) is 5.26 Å². The fraction of sp³-hybridized carbons (Fsp3) is 0.176. The Bertz CT molecular complexity index is 692. The molecule has 0 aliphatic heterocycles. The third kappa shape index (κ3) is 4.06. The largest absolute Gasteiger partial charge is 0.334 e. The van der Waals surface area contributed by atoms with Crippen LogP contribution in [-0.2, 0) is 6.54 Å². The molecule has 1 unspecified atom stereocenters. The molecule has 2 N–H and O–H groups in total. The summed E-state index contributed by atoms with van der Waals surface area (Å²) in [5, 5.41) is 14.1. The third-order valence-electron chi connectivity index (χ3n) is 3.28. The van der Waals surface area contributed by atoms with E-state index in [1.54, 1.807) is 42.5 Å². The normalized spacial score (nSPS) is 11.3. The summed E-state index contributed by atoms with van der Waals surface area (Å²) in [5.74, 6) is -0.344. The molecule has 5 heteroatoms. The first-order chi connectivity index (χ1) is 10.6. The SMILES string of the molecule is CC(NC(=O)NCc1ccccc1F)c1ccc(C#N)cc1. The second-order valence-electron chi connectivity index (χ2n) is 4.87. The molecule has 0 spiro atoms. The quantitative estimate of drug-likeness (QED) is 0.909. The Morgan fingerprint density at radius 3 is 2.55 bits per heavy atom. The lowest BCUT2D eigenvalue weighted by Gasteiger charge is -2.15. The first-order valence-electron chi connectivity index (χ1n) is 6.88. The monoisotopic (exact) mass is 297 g/mol. The van der Waals surface area contributed by atoms with E-state index in [2.05, 4.69) is 10.6 Å². The van der Waals surface area contributed by atoms with E-state index in [0.717, 1.165) is 5.56 Å². The summed E-state index contributed by atoms with van der Waals surface area (Å²) < 4.78 is 13.4. The van der Waals surface area contributed by atoms with Gasteiger partial charge < -0.3 is 10.6 Å². The van der Waals surface area contributed by atoms with Gasteiger partial charge in [0.2, 0.25) is 0 Å². The number of carbonyl (C=O) groups is 1. The number of hydrogen-bond acceptors (Lipinski definition) is 2. The van der Waals surface area contributed by atoms with Gasteiger partial charge in [0.15, 0.2) is 0 Å². The molecule has 0 saturated heterocycles. The Kier molecular flexibility index (Phi) is 5.10. The van der Waals surface area contributed by atoms with Gasteiger partial charge in [-0.1, -0.05) is 30.3 Å². The van der Waals surface area contributed by atoms with Crippen LogP contribution in [0.15, 0.2) is 48.5 Å². The van der Waals surface area contributed by atoms with Crippen molar-refractivity contribution in [2.24, 2.45) is 0 Å². The minimum absolute atomic E-state index is 0.124. The van der Waals surface area contributed by atoms with Crippen LogP contribution in [0.5, 0.6) is 0 Å². The van der Waals surface area contributed by atoms with Crippen molar-refractivity contribution in [3.8, 4) is 6.07 Å². The second-order valence-corrected chi connectivity index (χ2v) is 4.87. The van der Waals surface area contributed by atoms with Crippen LogP contribution >= 0.6 is 0 Å². The summed E-state index contributed by atoms with van der Waals surface area (Å²) in [6.07, 6.45) is 0. The Morgan fingerprint density at radius 2 is 1.91 bits per heavy atom. The number of urea groups is 1. The number of amides is 2. The topological polar surface area (TPSA) is 64.9 Å². The molecule has 4 nitrogen and oxygen atoms in total. The predicted octanol–water partition coefficient (Wildman–Crippen LogP) is 3.26. The molecule has 2 aromatic carbocycles. The van der Waals surface area contributed by atoms with Crippen molar-refractivity contribution in [3.63, 3.8) is 0 Å². The molecule has 0 fully saturated rings. The predicted molar refractivity (Wildman–Crippen MR) is 81.3 cm³/mol. The Balaban J connectivity index is 1.88. The molecule has 22 heavy (non-hydrogen) atoms. The van der Waals surface area contributed by atoms with Gasteiger partial charge in [-0.05, 0) is 30.7 Å². The lowest BCUT2D eigenvalue weighted by molar-refractivity contribution is 0.237. The Hall–Kier alpha value is -2.87. The van der Waals surface area contributed by atoms with Gasteiger partial charge in [-0.15, -0.1) is 0 Å². The molecule has 0 radical (unpaired) electrons. The van der Waals surface area contributed by atoms with Crippen molar-refractivity contribution in [3.05, 3.63) is 71.0 Å². The molecular weight excluding hydrogens is 281 g/mol. The van der Waals surface area contributed by atoms with E-state index in [1.165, 1.54) is 6.07 Å². The van der Waals surface area contributed by atoms with Crippen molar-refractivity contribution in [1.82, 2.24) is 10.6 Å². The highest BCUT2D eigenvalue weighted by atomic mass is 19.1. The van der Waals surface area contributed by atoms with Gasteiger partial charge in [0.25, 0.3) is 0 Å². The maximum Gasteiger partial charge on any atom is 0.315 e. The molecular formula is C17H16FN3O. The van der Waals surface area contributed by atoms with Gasteiger partial charge >= 0.3 is 6.03 Å². The lowest BCUT2D eigenvalue weighted by atomic mass is 10.1. The fourth-order valence-corrected chi connectivity index (χ4v) is 1.99. The number of hydrogen-bond donors (Lipinski definition) is 2. The highest BCUT2D eigenvalue weighted by molar-refractivity contribution is 5.74. The minimum Gasteiger partial charge on any atom is -0.334 e. The molecule has 0 heterocycles. The van der Waals surface area contributed by atoms with E-state index in [0.29, 0.717) is 11.1 Å². The number of nitrogens with one attached hydrogen (secondary N) is 2. The highest BCUT2D eigenvalue weighted by Gasteiger charge is 2.10. The van der Waals surface area contributed by atoms with Crippen LogP contribution in [0.2, 0.25) is 0 Å². The molecule has 0 bridgehead atoms. The standard InChI is InChI=1S/C17H16FN3O/c1-12(14-8-6-13(10-19)7-9-14)21-17(22)20-11-15-4-2-3-5-16(15)18/h2-9,12H,11H2,1H3,(H2,20,21,22). The van der Waals surface area contributed by atoms with Crippen molar-refractivity contribution in [1.29, 1.82) is 5.26 Å². The number of nitriles is 1. The van der Waals surface area contributed by atoms with Crippen LogP contribution in [0.1, 0.15) is 29.7 Å². The summed E-state index contributed by atoms with van der Waals surface area (Å²) in [5.41, 5.74) is 1.89. The fourth-order valence-electron chi connectivity index (χ4n) is 1.99. The molecule has 0 aliphatic carbocycles. The summed E-state index contributed by atoms with van der Waals surface area (Å²) in [7, 11) is 0. The number of halogens is 1. The summed E-state index contributed by atoms with van der Waals surface area (Å²) in [6, 6.07) is 14.7. The zero-order valence-electron chi connectivity index (χ0n) is 12.1. The summed E-state index contributed by atoms with van der Waals surface area (Å²) in [4.78, 5) is 11.8. The molecule has 1 atom stereocenters. The average molecular weight is 297 g/mol. The molecule has 2 aromatic rings. The van der Waals surface area contributed by atoms with Crippen molar-refractivity contribution >= 4 is 6.03 Å². The summed E-state index contributed by atoms with van der Waals surface area (Å²) in [6.45, 7) is 1.96. The van der Waals surface area contributed by atoms with Gasteiger partial charge in [0.1, 0.15) is 5.82 Å². The smallest absolute Gasteiger partial charge is 0.315 e. The van der Waals surface area contributed by atoms with Crippen molar-refractivity contribution in [2.45, 2.75) is 19.5 Å². The van der Waals surface area contributed by atoms with Crippen LogP contribution < -0.4 is 10.6 Å². The first kappa shape index (κ1) is 15.5. The molecule has 0 saturated carbocycles. The Labute approximate surface area is 128 Å². The van der Waals surface area contributed by atoms with E-state index in [9.17, 15) is 9.18 Å².